The van der Waals surface area contributed by atoms with Crippen molar-refractivity contribution in [2.45, 2.75) is 57.4 Å². The first-order valence-electron chi connectivity index (χ1n) is 18.3. The number of nitro benzene ring substituents is 1. The lowest BCUT2D eigenvalue weighted by Crippen LogP contribution is -2.52. The second kappa shape index (κ2) is 14.9. The van der Waals surface area contributed by atoms with Crippen molar-refractivity contribution in [2.24, 2.45) is 18.4 Å². The standard InChI is InChI=1S/C37H47N9O6/c1-42-24-26(21-39-42)28-19-32(46(50)51)33(52-2)20-31(28)45-13-7-25(8-14-45)23-43-15-9-37(10-16-43)11-17-44(18-12-37)27-3-4-29(38-22-27)35(48)40-30-5-6-34(47)41-36(30)49/h3-4,19-22,24-25,30H,5-18,23H2,1-2H3,(H,40,48)(H,41,47,49). The number of nitrogens with zero attached hydrogens (tertiary/aromatic N) is 7. The van der Waals surface area contributed by atoms with Crippen LogP contribution < -0.4 is 25.2 Å². The van der Waals surface area contributed by atoms with Crippen LogP contribution in [0.25, 0.3) is 11.1 Å². The van der Waals surface area contributed by atoms with Crippen molar-refractivity contribution < 1.29 is 24.0 Å². The van der Waals surface area contributed by atoms with Crippen LogP contribution in [0.1, 0.15) is 61.9 Å². The Labute approximate surface area is 302 Å². The Hall–Kier alpha value is -5.05. The number of hydrogen-bond acceptors (Lipinski definition) is 11. The number of aromatic nitrogens is 3. The summed E-state index contributed by atoms with van der Waals surface area (Å²) < 4.78 is 7.15. The fourth-order valence-electron chi connectivity index (χ4n) is 8.36. The molecule has 2 N–H and O–H groups in total. The number of anilines is 2. The summed E-state index contributed by atoms with van der Waals surface area (Å²) in [5.74, 6) is -0.340. The fraction of sp³-hybridized carbons (Fsp3) is 0.541. The predicted octanol–water partition coefficient (Wildman–Crippen LogP) is 3.53. The van der Waals surface area contributed by atoms with Crippen LogP contribution in [-0.4, -0.2) is 101 Å². The number of methoxy groups -OCH3 is 1. The Balaban J connectivity index is 0.878. The van der Waals surface area contributed by atoms with Gasteiger partial charge in [-0.3, -0.25) is 34.5 Å². The monoisotopic (exact) mass is 713 g/mol. The SMILES string of the molecule is COc1cc(N2CCC(CN3CCC4(CC3)CCN(c3ccc(C(=O)NC5CCC(=O)NC5=O)nc3)CC4)CC2)c(-c2cnn(C)c2)cc1[N+](=O)[O-]. The number of pyridine rings is 1. The minimum Gasteiger partial charge on any atom is -0.490 e. The highest BCUT2D eigenvalue weighted by molar-refractivity contribution is 6.03. The molecular weight excluding hydrogens is 666 g/mol. The van der Waals surface area contributed by atoms with Crippen molar-refractivity contribution in [3.8, 4) is 16.9 Å². The van der Waals surface area contributed by atoms with E-state index in [2.05, 4.69) is 35.4 Å². The molecule has 1 unspecified atom stereocenters. The van der Waals surface area contributed by atoms with Crippen molar-refractivity contribution in [3.05, 3.63) is 58.7 Å². The Kier molecular flexibility index (Phi) is 10.1. The van der Waals surface area contributed by atoms with Crippen LogP contribution in [0.2, 0.25) is 0 Å². The first-order chi connectivity index (χ1) is 25.1. The Morgan fingerprint density at radius 3 is 2.37 bits per heavy atom. The molecule has 3 amide bonds. The zero-order chi connectivity index (χ0) is 36.4. The Bertz CT molecular complexity index is 1800. The molecule has 4 aliphatic rings. The van der Waals surface area contributed by atoms with Crippen molar-refractivity contribution >= 4 is 34.8 Å². The molecule has 6 heterocycles. The van der Waals surface area contributed by atoms with E-state index in [-0.39, 0.29) is 35.9 Å². The number of rotatable bonds is 9. The van der Waals surface area contributed by atoms with Gasteiger partial charge in [0.25, 0.3) is 5.91 Å². The summed E-state index contributed by atoms with van der Waals surface area (Å²) >= 11 is 0. The van der Waals surface area contributed by atoms with Gasteiger partial charge in [0.15, 0.2) is 5.75 Å². The minimum atomic E-state index is -0.726. The maximum absolute atomic E-state index is 12.7. The number of aryl methyl sites for hydroxylation is 1. The number of nitro groups is 1. The third-order valence-corrected chi connectivity index (χ3v) is 11.6. The number of carbonyl (C=O) groups is 3. The highest BCUT2D eigenvalue weighted by Crippen LogP contribution is 2.44. The summed E-state index contributed by atoms with van der Waals surface area (Å²) in [7, 11) is 3.32. The number of benzene rings is 1. The van der Waals surface area contributed by atoms with Crippen LogP contribution in [0.4, 0.5) is 17.1 Å². The first-order valence-corrected chi connectivity index (χ1v) is 18.3. The highest BCUT2D eigenvalue weighted by Gasteiger charge is 2.38. The molecule has 0 bridgehead atoms. The summed E-state index contributed by atoms with van der Waals surface area (Å²) in [6.07, 6.45) is 12.7. The zero-order valence-corrected chi connectivity index (χ0v) is 29.9. The maximum atomic E-state index is 12.7. The molecular formula is C37H47N9O6. The molecule has 0 radical (unpaired) electrons. The molecule has 7 rings (SSSR count). The molecule has 4 fully saturated rings. The molecule has 4 saturated heterocycles. The summed E-state index contributed by atoms with van der Waals surface area (Å²) in [5, 5.41) is 21.1. The molecule has 1 spiro atoms. The average Bonchev–Trinajstić information content (AvgIpc) is 3.59. The van der Waals surface area contributed by atoms with Gasteiger partial charge in [0, 0.05) is 81.3 Å². The van der Waals surface area contributed by atoms with Gasteiger partial charge in [0.05, 0.1) is 30.1 Å². The molecule has 276 valence electrons. The normalized spacial score (nSPS) is 21.2. The fourth-order valence-corrected chi connectivity index (χ4v) is 8.36. The van der Waals surface area contributed by atoms with Crippen LogP contribution in [0, 0.1) is 21.4 Å². The van der Waals surface area contributed by atoms with Crippen molar-refractivity contribution in [1.29, 1.82) is 0 Å². The highest BCUT2D eigenvalue weighted by atomic mass is 16.6. The molecule has 2 aromatic heterocycles. The number of hydrogen-bond donors (Lipinski definition) is 2. The third kappa shape index (κ3) is 7.59. The van der Waals surface area contributed by atoms with Gasteiger partial charge in [0.2, 0.25) is 11.8 Å². The number of likely N-dealkylation sites (tertiary alicyclic amines) is 1. The van der Waals surface area contributed by atoms with Gasteiger partial charge >= 0.3 is 5.69 Å². The quantitative estimate of drug-likeness (QED) is 0.189. The number of ether oxygens (including phenoxy) is 1. The third-order valence-electron chi connectivity index (χ3n) is 11.6. The summed E-state index contributed by atoms with van der Waals surface area (Å²) in [5.41, 5.74) is 4.16. The van der Waals surface area contributed by atoms with Crippen LogP contribution in [0.3, 0.4) is 0 Å². The van der Waals surface area contributed by atoms with E-state index < -0.39 is 22.8 Å². The van der Waals surface area contributed by atoms with E-state index in [0.717, 1.165) is 94.0 Å². The lowest BCUT2D eigenvalue weighted by molar-refractivity contribution is -0.385. The van der Waals surface area contributed by atoms with Crippen molar-refractivity contribution in [1.82, 2.24) is 30.3 Å². The smallest absolute Gasteiger partial charge is 0.311 e. The number of amides is 3. The number of nitrogens with one attached hydrogen (secondary N) is 2. The second-order valence-corrected chi connectivity index (χ2v) is 14.8. The van der Waals surface area contributed by atoms with Gasteiger partial charge in [-0.1, -0.05) is 0 Å². The molecule has 0 saturated carbocycles. The maximum Gasteiger partial charge on any atom is 0.311 e. The van der Waals surface area contributed by atoms with Gasteiger partial charge in [-0.25, -0.2) is 4.98 Å². The van der Waals surface area contributed by atoms with Crippen LogP contribution in [0.15, 0.2) is 42.9 Å². The molecule has 1 atom stereocenters. The van der Waals surface area contributed by atoms with Gasteiger partial charge in [-0.05, 0) is 81.5 Å². The lowest BCUT2D eigenvalue weighted by atomic mass is 9.71. The van der Waals surface area contributed by atoms with E-state index in [4.69, 9.17) is 4.74 Å². The number of imide groups is 1. The number of piperidine rings is 4. The van der Waals surface area contributed by atoms with E-state index in [1.165, 1.54) is 20.0 Å². The van der Waals surface area contributed by atoms with Crippen LogP contribution in [-0.2, 0) is 16.6 Å². The van der Waals surface area contributed by atoms with Crippen LogP contribution in [0.5, 0.6) is 5.75 Å². The van der Waals surface area contributed by atoms with Crippen molar-refractivity contribution in [3.63, 3.8) is 0 Å². The van der Waals surface area contributed by atoms with Gasteiger partial charge in [-0.15, -0.1) is 0 Å². The summed E-state index contributed by atoms with van der Waals surface area (Å²) in [6.45, 7) is 7.00. The Morgan fingerprint density at radius 1 is 1.02 bits per heavy atom. The minimum absolute atomic E-state index is 0.0459. The van der Waals surface area contributed by atoms with Gasteiger partial charge in [-0.2, -0.15) is 5.10 Å². The van der Waals surface area contributed by atoms with E-state index in [1.807, 2.05) is 25.4 Å². The topological polar surface area (TPSA) is 168 Å². The molecule has 0 aliphatic carbocycles. The molecule has 4 aliphatic heterocycles. The zero-order valence-electron chi connectivity index (χ0n) is 29.9. The average molecular weight is 714 g/mol. The van der Waals surface area contributed by atoms with E-state index in [9.17, 15) is 24.5 Å². The van der Waals surface area contributed by atoms with Crippen LogP contribution >= 0.6 is 0 Å². The molecule has 52 heavy (non-hydrogen) atoms. The van der Waals surface area contributed by atoms with E-state index in [0.29, 0.717) is 11.3 Å². The Morgan fingerprint density at radius 2 is 1.75 bits per heavy atom. The largest absolute Gasteiger partial charge is 0.490 e. The van der Waals surface area contributed by atoms with E-state index >= 15 is 0 Å². The van der Waals surface area contributed by atoms with Gasteiger partial charge < -0.3 is 24.8 Å². The molecule has 1 aromatic carbocycles. The molecule has 3 aromatic rings. The van der Waals surface area contributed by atoms with Gasteiger partial charge in [0.1, 0.15) is 11.7 Å². The number of carbonyl (C=O) groups excluding carboxylic acids is 3. The second-order valence-electron chi connectivity index (χ2n) is 14.8. The predicted molar refractivity (Wildman–Crippen MR) is 194 cm³/mol. The van der Waals surface area contributed by atoms with E-state index in [1.54, 1.807) is 29.2 Å². The summed E-state index contributed by atoms with van der Waals surface area (Å²) in [4.78, 5) is 59.2. The molecule has 15 nitrogen and oxygen atoms in total. The summed E-state index contributed by atoms with van der Waals surface area (Å²) in [6, 6.07) is 6.33. The lowest BCUT2D eigenvalue weighted by Gasteiger charge is -2.48. The van der Waals surface area contributed by atoms with Crippen molar-refractivity contribution in [2.75, 3.05) is 62.7 Å². The first kappa shape index (κ1) is 35.4. The molecule has 15 heteroatoms.